The molecule has 136 valence electrons. The van der Waals surface area contributed by atoms with E-state index in [2.05, 4.69) is 5.32 Å². The third-order valence-corrected chi connectivity index (χ3v) is 4.43. The van der Waals surface area contributed by atoms with Gasteiger partial charge in [-0.1, -0.05) is 30.7 Å². The number of ether oxygens (including phenoxy) is 1. The van der Waals surface area contributed by atoms with E-state index in [-0.39, 0.29) is 18.2 Å². The van der Waals surface area contributed by atoms with Gasteiger partial charge in [0, 0.05) is 11.6 Å². The van der Waals surface area contributed by atoms with Gasteiger partial charge in [0.2, 0.25) is 5.91 Å². The van der Waals surface area contributed by atoms with E-state index < -0.39 is 6.04 Å². The Balaban J connectivity index is 1.63. The molecular formula is C20H21ClN2O3. The smallest absolute Gasteiger partial charge is 0.251 e. The van der Waals surface area contributed by atoms with Gasteiger partial charge in [-0.2, -0.15) is 0 Å². The van der Waals surface area contributed by atoms with Crippen LogP contribution >= 0.6 is 11.6 Å². The van der Waals surface area contributed by atoms with Gasteiger partial charge in [-0.15, -0.1) is 0 Å². The normalized spacial score (nSPS) is 17.0. The minimum absolute atomic E-state index is 0.153. The molecule has 1 saturated heterocycles. The summed E-state index contributed by atoms with van der Waals surface area (Å²) in [5, 5.41) is 3.82. The van der Waals surface area contributed by atoms with E-state index in [4.69, 9.17) is 16.3 Å². The van der Waals surface area contributed by atoms with Crippen LogP contribution in [0.5, 0.6) is 5.75 Å². The molecule has 0 saturated carbocycles. The first-order chi connectivity index (χ1) is 12.6. The highest BCUT2D eigenvalue weighted by Gasteiger charge is 2.39. The molecule has 1 aliphatic heterocycles. The fourth-order valence-electron chi connectivity index (χ4n) is 2.82. The summed E-state index contributed by atoms with van der Waals surface area (Å²) < 4.78 is 5.53. The first-order valence-electron chi connectivity index (χ1n) is 8.66. The SMILES string of the molecule is CCCOc1ccc(N2C(=O)CC(NCc3ccc(Cl)cc3)C2=O)cc1. The van der Waals surface area contributed by atoms with Crippen molar-refractivity contribution in [1.82, 2.24) is 5.32 Å². The highest BCUT2D eigenvalue weighted by Crippen LogP contribution is 2.25. The van der Waals surface area contributed by atoms with E-state index in [0.29, 0.717) is 23.9 Å². The fourth-order valence-corrected chi connectivity index (χ4v) is 2.94. The van der Waals surface area contributed by atoms with Crippen LogP contribution in [0.2, 0.25) is 5.02 Å². The lowest BCUT2D eigenvalue weighted by Gasteiger charge is -2.16. The third-order valence-electron chi connectivity index (χ3n) is 4.18. The van der Waals surface area contributed by atoms with E-state index in [1.165, 1.54) is 4.90 Å². The topological polar surface area (TPSA) is 58.6 Å². The van der Waals surface area contributed by atoms with Crippen LogP contribution in [0.25, 0.3) is 0 Å². The van der Waals surface area contributed by atoms with Gasteiger partial charge in [-0.25, -0.2) is 4.90 Å². The van der Waals surface area contributed by atoms with Crippen molar-refractivity contribution < 1.29 is 14.3 Å². The zero-order valence-corrected chi connectivity index (χ0v) is 15.3. The summed E-state index contributed by atoms with van der Waals surface area (Å²) in [6.07, 6.45) is 1.08. The summed E-state index contributed by atoms with van der Waals surface area (Å²) in [5.41, 5.74) is 1.57. The molecule has 0 spiro atoms. The van der Waals surface area contributed by atoms with Crippen LogP contribution in [0.15, 0.2) is 48.5 Å². The van der Waals surface area contributed by atoms with Crippen molar-refractivity contribution in [3.05, 3.63) is 59.1 Å². The van der Waals surface area contributed by atoms with Crippen molar-refractivity contribution in [2.75, 3.05) is 11.5 Å². The third kappa shape index (κ3) is 4.23. The van der Waals surface area contributed by atoms with Crippen molar-refractivity contribution >= 4 is 29.1 Å². The van der Waals surface area contributed by atoms with Crippen LogP contribution in [0.1, 0.15) is 25.3 Å². The Labute approximate surface area is 157 Å². The van der Waals surface area contributed by atoms with E-state index in [9.17, 15) is 9.59 Å². The molecule has 1 N–H and O–H groups in total. The Morgan fingerprint density at radius 1 is 1.12 bits per heavy atom. The van der Waals surface area contributed by atoms with Crippen molar-refractivity contribution in [3.63, 3.8) is 0 Å². The summed E-state index contributed by atoms with van der Waals surface area (Å²) in [4.78, 5) is 26.2. The monoisotopic (exact) mass is 372 g/mol. The van der Waals surface area contributed by atoms with Gasteiger partial charge >= 0.3 is 0 Å². The second kappa shape index (κ2) is 8.34. The van der Waals surface area contributed by atoms with Crippen LogP contribution in [-0.2, 0) is 16.1 Å². The summed E-state index contributed by atoms with van der Waals surface area (Å²) in [6, 6.07) is 13.9. The van der Waals surface area contributed by atoms with Crippen molar-refractivity contribution in [2.24, 2.45) is 0 Å². The summed E-state index contributed by atoms with van der Waals surface area (Å²) >= 11 is 5.87. The van der Waals surface area contributed by atoms with Crippen molar-refractivity contribution in [2.45, 2.75) is 32.4 Å². The maximum atomic E-state index is 12.6. The minimum Gasteiger partial charge on any atom is -0.494 e. The molecule has 26 heavy (non-hydrogen) atoms. The maximum absolute atomic E-state index is 12.6. The molecule has 1 fully saturated rings. The molecule has 1 aliphatic rings. The molecule has 0 bridgehead atoms. The number of amides is 2. The van der Waals surface area contributed by atoms with Crippen LogP contribution in [0, 0.1) is 0 Å². The standard InChI is InChI=1S/C20H21ClN2O3/c1-2-11-26-17-9-7-16(8-10-17)23-19(24)12-18(20(23)25)22-13-14-3-5-15(21)6-4-14/h3-10,18,22H,2,11-13H2,1H3. The predicted molar refractivity (Wildman–Crippen MR) is 101 cm³/mol. The number of nitrogens with zero attached hydrogens (tertiary/aromatic N) is 1. The maximum Gasteiger partial charge on any atom is 0.251 e. The van der Waals surface area contributed by atoms with E-state index in [1.54, 1.807) is 36.4 Å². The molecule has 1 unspecified atom stereocenters. The molecule has 6 heteroatoms. The van der Waals surface area contributed by atoms with E-state index in [0.717, 1.165) is 17.7 Å². The number of benzene rings is 2. The summed E-state index contributed by atoms with van der Waals surface area (Å²) in [7, 11) is 0. The number of carbonyl (C=O) groups is 2. The average molecular weight is 373 g/mol. The van der Waals surface area contributed by atoms with Crippen LogP contribution in [0.4, 0.5) is 5.69 Å². The average Bonchev–Trinajstić information content (AvgIpc) is 2.93. The van der Waals surface area contributed by atoms with Gasteiger partial charge in [-0.3, -0.25) is 9.59 Å². The largest absolute Gasteiger partial charge is 0.494 e. The fraction of sp³-hybridized carbons (Fsp3) is 0.300. The molecule has 2 aromatic rings. The minimum atomic E-state index is -0.519. The summed E-state index contributed by atoms with van der Waals surface area (Å²) in [6.45, 7) is 3.17. The molecule has 0 aromatic heterocycles. The lowest BCUT2D eigenvalue weighted by molar-refractivity contribution is -0.121. The lowest BCUT2D eigenvalue weighted by Crippen LogP contribution is -2.38. The first-order valence-corrected chi connectivity index (χ1v) is 9.03. The number of halogens is 1. The number of nitrogens with one attached hydrogen (secondary N) is 1. The Morgan fingerprint density at radius 3 is 2.46 bits per heavy atom. The molecule has 0 aliphatic carbocycles. The number of anilines is 1. The summed E-state index contributed by atoms with van der Waals surface area (Å²) in [5.74, 6) is 0.295. The van der Waals surface area contributed by atoms with Crippen LogP contribution in [-0.4, -0.2) is 24.5 Å². The highest BCUT2D eigenvalue weighted by molar-refractivity contribution is 6.30. The van der Waals surface area contributed by atoms with Gasteiger partial charge in [0.25, 0.3) is 5.91 Å². The van der Waals surface area contributed by atoms with Crippen molar-refractivity contribution in [3.8, 4) is 5.75 Å². The highest BCUT2D eigenvalue weighted by atomic mass is 35.5. The molecular weight excluding hydrogens is 352 g/mol. The molecule has 2 amide bonds. The Bertz CT molecular complexity index is 775. The Kier molecular flexibility index (Phi) is 5.91. The van der Waals surface area contributed by atoms with Gasteiger partial charge in [0.1, 0.15) is 5.75 Å². The predicted octanol–water partition coefficient (Wildman–Crippen LogP) is 3.55. The van der Waals surface area contributed by atoms with Crippen LogP contribution < -0.4 is 15.0 Å². The van der Waals surface area contributed by atoms with Crippen molar-refractivity contribution in [1.29, 1.82) is 0 Å². The zero-order valence-electron chi connectivity index (χ0n) is 14.6. The van der Waals surface area contributed by atoms with Gasteiger partial charge < -0.3 is 10.1 Å². The number of rotatable bonds is 7. The molecule has 2 aromatic carbocycles. The van der Waals surface area contributed by atoms with E-state index in [1.807, 2.05) is 19.1 Å². The zero-order chi connectivity index (χ0) is 18.5. The first kappa shape index (κ1) is 18.4. The molecule has 3 rings (SSSR count). The Morgan fingerprint density at radius 2 is 1.81 bits per heavy atom. The lowest BCUT2D eigenvalue weighted by atomic mass is 10.2. The number of carbonyl (C=O) groups excluding carboxylic acids is 2. The van der Waals surface area contributed by atoms with E-state index >= 15 is 0 Å². The number of hydrogen-bond acceptors (Lipinski definition) is 4. The second-order valence-corrected chi connectivity index (χ2v) is 6.61. The molecule has 1 atom stereocenters. The second-order valence-electron chi connectivity index (χ2n) is 6.17. The van der Waals surface area contributed by atoms with Gasteiger partial charge in [0.15, 0.2) is 0 Å². The number of imide groups is 1. The molecule has 1 heterocycles. The number of hydrogen-bond donors (Lipinski definition) is 1. The molecule has 5 nitrogen and oxygen atoms in total. The van der Waals surface area contributed by atoms with Gasteiger partial charge in [0.05, 0.1) is 24.8 Å². The van der Waals surface area contributed by atoms with Gasteiger partial charge in [-0.05, 0) is 48.4 Å². The Hall–Kier alpha value is -2.37. The molecule has 0 radical (unpaired) electrons. The quantitative estimate of drug-likeness (QED) is 0.755. The van der Waals surface area contributed by atoms with Crippen LogP contribution in [0.3, 0.4) is 0 Å².